The van der Waals surface area contributed by atoms with Crippen LogP contribution >= 0.6 is 0 Å². The highest BCUT2D eigenvalue weighted by Crippen LogP contribution is 2.44. The van der Waals surface area contributed by atoms with Gasteiger partial charge in [0, 0.05) is 19.7 Å². The minimum absolute atomic E-state index is 0. The van der Waals surface area contributed by atoms with Crippen molar-refractivity contribution in [3.8, 4) is 0 Å². The zero-order chi connectivity index (χ0) is 21.7. The van der Waals surface area contributed by atoms with Crippen LogP contribution < -0.4 is 5.32 Å². The summed E-state index contributed by atoms with van der Waals surface area (Å²) in [6.07, 6.45) is 2.19. The Kier molecular flexibility index (Phi) is 6.86. The lowest BCUT2D eigenvalue weighted by Crippen LogP contribution is -2.35. The molecule has 0 bridgehead atoms. The average molecular weight is 411 g/mol. The first kappa shape index (κ1) is 21.9. The minimum atomic E-state index is -2.42. The highest BCUT2D eigenvalue weighted by atomic mass is 19.3. The van der Waals surface area contributed by atoms with Gasteiger partial charge in [-0.25, -0.2) is 8.78 Å². The topological polar surface area (TPSA) is 24.4 Å². The van der Waals surface area contributed by atoms with Gasteiger partial charge in [0.25, 0.3) is 0 Å². The molecule has 0 fully saturated rings. The number of hydrogen-bond acceptors (Lipinski definition) is 1. The van der Waals surface area contributed by atoms with Gasteiger partial charge in [-0.05, 0) is 60.6 Å². The normalized spacial score (nSPS) is 19.4. The molecule has 0 radical (unpaired) electrons. The van der Waals surface area contributed by atoms with Crippen molar-refractivity contribution in [2.24, 2.45) is 4.99 Å². The number of nitrogens with zero attached hydrogens (tertiary/aromatic N) is 1. The van der Waals surface area contributed by atoms with E-state index in [-0.39, 0.29) is 1.43 Å². The number of aliphatic imine (C=N–C) groups is 1. The third kappa shape index (κ3) is 3.96. The molecule has 0 unspecified atom stereocenters. The van der Waals surface area contributed by atoms with E-state index in [4.69, 9.17) is 0 Å². The molecule has 0 saturated heterocycles. The average Bonchev–Trinajstić information content (AvgIpc) is 3.40. The zero-order valence-corrected chi connectivity index (χ0v) is 18.2. The summed E-state index contributed by atoms with van der Waals surface area (Å²) in [6, 6.07) is 15.5. The van der Waals surface area contributed by atoms with E-state index in [0.717, 1.165) is 33.7 Å². The number of amidine groups is 1. The Hall–Kier alpha value is -2.75. The molecule has 2 nitrogen and oxygen atoms in total. The van der Waals surface area contributed by atoms with E-state index in [2.05, 4.69) is 10.3 Å². The van der Waals surface area contributed by atoms with Gasteiger partial charge >= 0.3 is 0 Å². The van der Waals surface area contributed by atoms with Crippen LogP contribution in [-0.4, -0.2) is 18.8 Å². The molecule has 160 valence electrons. The van der Waals surface area contributed by atoms with Gasteiger partial charge in [-0.3, -0.25) is 4.99 Å². The fraction of sp³-hybridized carbons (Fsp3) is 0.346. The Bertz CT molecular complexity index is 967. The molecular weight excluding hydrogens is 378 g/mol. The lowest BCUT2D eigenvalue weighted by Gasteiger charge is -2.29. The molecule has 0 atom stereocenters. The molecule has 0 amide bonds. The maximum Gasteiger partial charge on any atom is 0.248 e. The molecule has 0 saturated carbocycles. The lowest BCUT2D eigenvalue weighted by atomic mass is 9.77. The van der Waals surface area contributed by atoms with Crippen LogP contribution in [0.1, 0.15) is 51.4 Å². The van der Waals surface area contributed by atoms with Crippen molar-refractivity contribution in [3.63, 3.8) is 0 Å². The molecule has 1 heterocycles. The first-order chi connectivity index (χ1) is 14.5. The van der Waals surface area contributed by atoms with Gasteiger partial charge in [0.15, 0.2) is 0 Å². The van der Waals surface area contributed by atoms with Gasteiger partial charge in [-0.1, -0.05) is 62.4 Å². The highest BCUT2D eigenvalue weighted by Gasteiger charge is 2.46. The summed E-state index contributed by atoms with van der Waals surface area (Å²) in [7, 11) is 0. The number of alkyl halides is 2. The molecule has 4 heteroatoms. The second-order valence-electron chi connectivity index (χ2n) is 7.50. The van der Waals surface area contributed by atoms with Crippen LogP contribution in [0.3, 0.4) is 0 Å². The fourth-order valence-electron chi connectivity index (χ4n) is 4.30. The zero-order valence-electron chi connectivity index (χ0n) is 18.2. The molecule has 0 spiro atoms. The number of allylic oxidation sites excluding steroid dienone is 1. The van der Waals surface area contributed by atoms with Crippen molar-refractivity contribution in [3.05, 3.63) is 88.6 Å². The van der Waals surface area contributed by atoms with E-state index in [9.17, 15) is 8.78 Å². The minimum Gasteiger partial charge on any atom is -0.346 e. The van der Waals surface area contributed by atoms with Crippen LogP contribution in [0.4, 0.5) is 8.78 Å². The van der Waals surface area contributed by atoms with Crippen molar-refractivity contribution >= 4 is 11.4 Å². The lowest BCUT2D eigenvalue weighted by molar-refractivity contribution is 0.0541. The number of hydrogen-bond donors (Lipinski definition) is 1. The van der Waals surface area contributed by atoms with E-state index in [0.29, 0.717) is 24.9 Å². The third-order valence-electron chi connectivity index (χ3n) is 5.86. The number of halogens is 2. The van der Waals surface area contributed by atoms with Crippen molar-refractivity contribution in [1.82, 2.24) is 5.32 Å². The van der Waals surface area contributed by atoms with Crippen LogP contribution in [0.15, 0.2) is 71.4 Å². The first-order valence-corrected chi connectivity index (χ1v) is 10.7. The van der Waals surface area contributed by atoms with Crippen LogP contribution in [0.2, 0.25) is 0 Å². The molecule has 1 aliphatic heterocycles. The van der Waals surface area contributed by atoms with E-state index in [1.54, 1.807) is 0 Å². The van der Waals surface area contributed by atoms with Crippen LogP contribution in [0.25, 0.3) is 5.57 Å². The molecule has 4 rings (SSSR count). The summed E-state index contributed by atoms with van der Waals surface area (Å²) < 4.78 is 28.8. The number of nitrogens with one attached hydrogen (secondary N) is 1. The van der Waals surface area contributed by atoms with E-state index in [1.165, 1.54) is 0 Å². The molecule has 1 N–H and O–H groups in total. The summed E-state index contributed by atoms with van der Waals surface area (Å²) in [6.45, 7) is 8.70. The van der Waals surface area contributed by atoms with Crippen molar-refractivity contribution in [2.45, 2.75) is 52.4 Å². The summed E-state index contributed by atoms with van der Waals surface area (Å²) in [4.78, 5) is 4.49. The number of fused-ring (bicyclic) bond motifs is 1. The smallest absolute Gasteiger partial charge is 0.248 e. The van der Waals surface area contributed by atoms with Gasteiger partial charge in [-0.15, -0.1) is 0 Å². The Morgan fingerprint density at radius 2 is 1.77 bits per heavy atom. The summed E-state index contributed by atoms with van der Waals surface area (Å²) in [5.41, 5.74) is 4.62. The van der Waals surface area contributed by atoms with Gasteiger partial charge in [0.05, 0.1) is 5.41 Å². The van der Waals surface area contributed by atoms with E-state index >= 15 is 0 Å². The second kappa shape index (κ2) is 9.38. The summed E-state index contributed by atoms with van der Waals surface area (Å²) in [5, 5.41) is 3.16. The maximum atomic E-state index is 14.4. The van der Waals surface area contributed by atoms with Crippen LogP contribution in [0, 0.1) is 0 Å². The third-order valence-corrected chi connectivity index (χ3v) is 5.86. The Morgan fingerprint density at radius 1 is 1.10 bits per heavy atom. The van der Waals surface area contributed by atoms with Crippen molar-refractivity contribution in [2.75, 3.05) is 6.54 Å². The van der Waals surface area contributed by atoms with Crippen molar-refractivity contribution in [1.29, 1.82) is 0 Å². The molecule has 2 aromatic rings. The van der Waals surface area contributed by atoms with Crippen LogP contribution in [-0.2, 0) is 18.3 Å². The monoisotopic (exact) mass is 410 g/mol. The Balaban J connectivity index is 0.00000111. The maximum absolute atomic E-state index is 14.4. The van der Waals surface area contributed by atoms with Crippen molar-refractivity contribution < 1.29 is 10.2 Å². The van der Waals surface area contributed by atoms with Gasteiger partial charge in [-0.2, -0.15) is 0 Å². The fourth-order valence-corrected chi connectivity index (χ4v) is 4.30. The molecule has 30 heavy (non-hydrogen) atoms. The number of benzene rings is 2. The SMILES string of the molecule is CC.CCN=C1NC=C/C1=C(/C)c1cccc(C2(C(F)F)Cc3ccccc3C2)c1.[HH]. The predicted octanol–water partition coefficient (Wildman–Crippen LogP) is 6.57. The second-order valence-corrected chi connectivity index (χ2v) is 7.50. The quantitative estimate of drug-likeness (QED) is 0.606. The molecular formula is C26H32F2N2. The first-order valence-electron chi connectivity index (χ1n) is 10.7. The number of rotatable bonds is 4. The molecule has 2 aromatic carbocycles. The Morgan fingerprint density at radius 3 is 2.37 bits per heavy atom. The van der Waals surface area contributed by atoms with Gasteiger partial charge in [0.2, 0.25) is 6.43 Å². The van der Waals surface area contributed by atoms with Gasteiger partial charge < -0.3 is 5.32 Å². The van der Waals surface area contributed by atoms with Crippen LogP contribution in [0.5, 0.6) is 0 Å². The molecule has 0 aromatic heterocycles. The standard InChI is InChI=1S/C24H24F2N2.C2H6.H2/c1-3-27-22-21(11-12-28-22)16(2)17-9-6-10-20(13-17)24(23(25)26)14-18-7-4-5-8-19(18)15-24;1-2;/h4-13,23H,3,14-15H2,1-2H3,(H,27,28);1-2H3;1H/b21-16+;;. The van der Waals surface area contributed by atoms with E-state index in [1.807, 2.05) is 88.5 Å². The largest absolute Gasteiger partial charge is 0.346 e. The van der Waals surface area contributed by atoms with Gasteiger partial charge in [0.1, 0.15) is 5.84 Å². The molecule has 1 aliphatic carbocycles. The molecule has 2 aliphatic rings. The Labute approximate surface area is 179 Å². The predicted molar refractivity (Wildman–Crippen MR) is 124 cm³/mol. The van der Waals surface area contributed by atoms with E-state index < -0.39 is 11.8 Å². The summed E-state index contributed by atoms with van der Waals surface area (Å²) in [5.74, 6) is 0.835. The highest BCUT2D eigenvalue weighted by molar-refractivity contribution is 6.09. The summed E-state index contributed by atoms with van der Waals surface area (Å²) >= 11 is 0.